The van der Waals surface area contributed by atoms with E-state index in [0.717, 1.165) is 72.4 Å². The van der Waals surface area contributed by atoms with E-state index in [0.29, 0.717) is 23.0 Å². The molecule has 0 spiro atoms. The Morgan fingerprint density at radius 2 is 0.721 bits per heavy atom. The van der Waals surface area contributed by atoms with Crippen LogP contribution in [0, 0.1) is 39.0 Å². The van der Waals surface area contributed by atoms with Gasteiger partial charge in [-0.05, 0) is 118 Å². The first-order valence-corrected chi connectivity index (χ1v) is 23.0. The third kappa shape index (κ3) is 6.83. The Hall–Kier alpha value is -8.92. The molecule has 12 aromatic rings. The summed E-state index contributed by atoms with van der Waals surface area (Å²) in [6.07, 6.45) is 0. The Kier molecular flexibility index (Phi) is 9.67. The van der Waals surface area contributed by atoms with Gasteiger partial charge in [-0.3, -0.25) is 0 Å². The van der Waals surface area contributed by atoms with E-state index >= 15 is 0 Å². The van der Waals surface area contributed by atoms with E-state index in [1.165, 1.54) is 43.8 Å². The van der Waals surface area contributed by atoms with Crippen molar-refractivity contribution in [3.05, 3.63) is 222 Å². The first kappa shape index (κ1) is 40.6. The third-order valence-corrected chi connectivity index (χ3v) is 13.2. The van der Waals surface area contributed by atoms with Gasteiger partial charge in [0, 0.05) is 54.9 Å². The third-order valence-electron chi connectivity index (χ3n) is 13.2. The fraction of sp³-hybridized carbons (Fsp3) is 0.0645. The fourth-order valence-corrected chi connectivity index (χ4v) is 9.99. The molecule has 0 aliphatic carbocycles. The van der Waals surface area contributed by atoms with Crippen molar-refractivity contribution in [2.24, 2.45) is 0 Å². The average molecular weight is 873 g/mol. The minimum atomic E-state index is 0.571. The molecule has 0 N–H and O–H groups in total. The molecule has 0 unspecified atom stereocenters. The quantitative estimate of drug-likeness (QED) is 0.160. The summed E-state index contributed by atoms with van der Waals surface area (Å²) < 4.78 is 4.77. The molecule has 6 heteroatoms. The zero-order valence-corrected chi connectivity index (χ0v) is 38.2. The second-order valence-electron chi connectivity index (χ2n) is 17.9. The number of hydrogen-bond donors (Lipinski definition) is 0. The van der Waals surface area contributed by atoms with Crippen molar-refractivity contribution in [2.75, 3.05) is 0 Å². The van der Waals surface area contributed by atoms with Crippen LogP contribution >= 0.6 is 0 Å². The normalized spacial score (nSPS) is 11.5. The van der Waals surface area contributed by atoms with Crippen molar-refractivity contribution in [1.29, 1.82) is 5.26 Å². The molecule has 0 aliphatic rings. The Labute approximate surface area is 394 Å². The molecule has 0 atom stereocenters. The number of aromatic nitrogens is 5. The predicted molar refractivity (Wildman–Crippen MR) is 279 cm³/mol. The van der Waals surface area contributed by atoms with Gasteiger partial charge in [0.1, 0.15) is 0 Å². The molecule has 9 aromatic carbocycles. The molecule has 0 aliphatic heterocycles. The van der Waals surface area contributed by atoms with Crippen LogP contribution in [0.2, 0.25) is 0 Å². The van der Waals surface area contributed by atoms with Gasteiger partial charge in [0.15, 0.2) is 17.5 Å². The summed E-state index contributed by atoms with van der Waals surface area (Å²) >= 11 is 0. The highest BCUT2D eigenvalue weighted by molar-refractivity contribution is 6.12. The summed E-state index contributed by atoms with van der Waals surface area (Å²) in [6.45, 7) is 8.61. The van der Waals surface area contributed by atoms with Crippen LogP contribution in [0.3, 0.4) is 0 Å². The van der Waals surface area contributed by atoms with Gasteiger partial charge in [-0.1, -0.05) is 131 Å². The lowest BCUT2D eigenvalue weighted by Crippen LogP contribution is -2.03. The van der Waals surface area contributed by atoms with Crippen LogP contribution in [0.5, 0.6) is 0 Å². The number of benzene rings is 9. The maximum atomic E-state index is 10.7. The molecule has 12 rings (SSSR count). The van der Waals surface area contributed by atoms with Gasteiger partial charge in [0.25, 0.3) is 0 Å². The van der Waals surface area contributed by atoms with Crippen molar-refractivity contribution in [3.63, 3.8) is 0 Å². The van der Waals surface area contributed by atoms with Gasteiger partial charge in [0.2, 0.25) is 0 Å². The highest BCUT2D eigenvalue weighted by Gasteiger charge is 2.23. The van der Waals surface area contributed by atoms with E-state index in [-0.39, 0.29) is 0 Å². The molecule has 0 fully saturated rings. The van der Waals surface area contributed by atoms with Gasteiger partial charge >= 0.3 is 0 Å². The number of fused-ring (bicyclic) bond motifs is 6. The molecule has 3 heterocycles. The SMILES string of the molecule is Cc1ccc2c(c1)c1cc(C)ccc1n2-c1ccc(-c2nc(-c3ccccc3)nc(-c3ccccc3)n2)cc1-c1ccc(-n2c3ccc(C)cc3c3cc(C)ccc32)c(-c2ccccc2C#N)c1. The summed E-state index contributed by atoms with van der Waals surface area (Å²) in [5.74, 6) is 1.77. The van der Waals surface area contributed by atoms with Gasteiger partial charge in [-0.2, -0.15) is 5.26 Å². The van der Waals surface area contributed by atoms with E-state index in [1.807, 2.05) is 78.9 Å². The van der Waals surface area contributed by atoms with E-state index in [1.54, 1.807) is 0 Å². The van der Waals surface area contributed by atoms with Gasteiger partial charge in [0.05, 0.1) is 45.1 Å². The lowest BCUT2D eigenvalue weighted by atomic mass is 9.93. The Morgan fingerprint density at radius 1 is 0.338 bits per heavy atom. The molecule has 3 aromatic heterocycles. The standard InChI is InChI=1S/C62H44N6/c1-38-19-25-55-49(31-38)50-32-39(2)20-26-56(50)67(55)54-30-24-45(62-65-60(42-13-7-5-8-14-42)64-61(66-62)43-15-9-6-10-16-43)36-48(54)44-23-29-59(53(35-44)47-18-12-11-17-46(47)37-63)68-57-27-21-40(3)33-51(57)52-34-41(4)22-28-58(52)68/h5-36H,1-4H3. The molecule has 0 bridgehead atoms. The molecule has 68 heavy (non-hydrogen) atoms. The number of nitrogens with zero attached hydrogens (tertiary/aromatic N) is 6. The smallest absolute Gasteiger partial charge is 0.164 e. The van der Waals surface area contributed by atoms with Crippen molar-refractivity contribution in [2.45, 2.75) is 27.7 Å². The molecule has 6 nitrogen and oxygen atoms in total. The highest BCUT2D eigenvalue weighted by atomic mass is 15.0. The van der Waals surface area contributed by atoms with Crippen molar-refractivity contribution in [3.8, 4) is 73.9 Å². The minimum Gasteiger partial charge on any atom is -0.309 e. The number of aryl methyl sites for hydroxylation is 4. The Balaban J connectivity index is 1.17. The van der Waals surface area contributed by atoms with Crippen LogP contribution in [-0.2, 0) is 0 Å². The Morgan fingerprint density at radius 3 is 1.18 bits per heavy atom. The second kappa shape index (κ2) is 16.2. The zero-order chi connectivity index (χ0) is 46.0. The molecule has 322 valence electrons. The zero-order valence-electron chi connectivity index (χ0n) is 38.2. The van der Waals surface area contributed by atoms with E-state index in [4.69, 9.17) is 15.0 Å². The van der Waals surface area contributed by atoms with Crippen LogP contribution in [-0.4, -0.2) is 24.1 Å². The predicted octanol–water partition coefficient (Wildman–Crippen LogP) is 15.5. The molecule has 0 saturated heterocycles. The molecular weight excluding hydrogens is 829 g/mol. The van der Waals surface area contributed by atoms with Crippen LogP contribution in [0.25, 0.3) is 111 Å². The second-order valence-corrected chi connectivity index (χ2v) is 17.9. The first-order chi connectivity index (χ1) is 33.3. The van der Waals surface area contributed by atoms with Gasteiger partial charge in [-0.25, -0.2) is 15.0 Å². The number of hydrogen-bond acceptors (Lipinski definition) is 4. The topological polar surface area (TPSA) is 72.3 Å². The fourth-order valence-electron chi connectivity index (χ4n) is 9.99. The average Bonchev–Trinajstić information content (AvgIpc) is 3.86. The molecule has 0 saturated carbocycles. The number of rotatable bonds is 7. The summed E-state index contributed by atoms with van der Waals surface area (Å²) in [6, 6.07) is 70.8. The van der Waals surface area contributed by atoms with Crippen LogP contribution in [0.1, 0.15) is 27.8 Å². The molecule has 0 radical (unpaired) electrons. The first-order valence-electron chi connectivity index (χ1n) is 23.0. The molecule has 0 amide bonds. The maximum Gasteiger partial charge on any atom is 0.164 e. The highest BCUT2D eigenvalue weighted by Crippen LogP contribution is 2.43. The van der Waals surface area contributed by atoms with Crippen LogP contribution < -0.4 is 0 Å². The van der Waals surface area contributed by atoms with Crippen LogP contribution in [0.4, 0.5) is 0 Å². The van der Waals surface area contributed by atoms with Crippen molar-refractivity contribution < 1.29 is 0 Å². The van der Waals surface area contributed by atoms with Crippen molar-refractivity contribution in [1.82, 2.24) is 24.1 Å². The largest absolute Gasteiger partial charge is 0.309 e. The Bertz CT molecular complexity index is 3840. The van der Waals surface area contributed by atoms with Gasteiger partial charge < -0.3 is 9.13 Å². The van der Waals surface area contributed by atoms with Crippen molar-refractivity contribution >= 4 is 43.6 Å². The lowest BCUT2D eigenvalue weighted by Gasteiger charge is -2.20. The summed E-state index contributed by atoms with van der Waals surface area (Å²) in [4.78, 5) is 15.4. The molecular formula is C62H44N6. The van der Waals surface area contributed by atoms with E-state index < -0.39 is 0 Å². The van der Waals surface area contributed by atoms with E-state index in [2.05, 4.69) is 158 Å². The monoisotopic (exact) mass is 872 g/mol. The van der Waals surface area contributed by atoms with Gasteiger partial charge in [-0.15, -0.1) is 0 Å². The minimum absolute atomic E-state index is 0.571. The summed E-state index contributed by atoms with van der Waals surface area (Å²) in [5, 5.41) is 15.5. The summed E-state index contributed by atoms with van der Waals surface area (Å²) in [5.41, 5.74) is 18.3. The van der Waals surface area contributed by atoms with E-state index in [9.17, 15) is 5.26 Å². The van der Waals surface area contributed by atoms with Crippen LogP contribution in [0.15, 0.2) is 194 Å². The maximum absolute atomic E-state index is 10.7. The lowest BCUT2D eigenvalue weighted by molar-refractivity contribution is 1.07. The number of nitriles is 1. The summed E-state index contributed by atoms with van der Waals surface area (Å²) in [7, 11) is 0.